The van der Waals surface area contributed by atoms with E-state index in [4.69, 9.17) is 0 Å². The van der Waals surface area contributed by atoms with E-state index < -0.39 is 5.91 Å². The van der Waals surface area contributed by atoms with Crippen molar-refractivity contribution in [1.82, 2.24) is 0 Å². The molecule has 1 rings (SSSR count). The number of nitrogens with one attached hydrogen (secondary N) is 1. The minimum atomic E-state index is -0.408. The molecule has 0 radical (unpaired) electrons. The lowest BCUT2D eigenvalue weighted by atomic mass is 10.1. The standard InChI is InChI=1S/C13H13NO2.2C2H6/c1-4-5-13(16)14-12-7-6-9(2)8-11(12)10(3)15;2*1-2/h6-8H,1-3H3,(H,14,16);2*1-2H3. The van der Waals surface area contributed by atoms with Gasteiger partial charge in [0.05, 0.1) is 5.69 Å². The number of anilines is 1. The van der Waals surface area contributed by atoms with Crippen LogP contribution >= 0.6 is 0 Å². The van der Waals surface area contributed by atoms with E-state index in [-0.39, 0.29) is 5.78 Å². The SMILES string of the molecule is CC.CC.CC#CC(=O)Nc1ccc(C)cc1C(C)=O. The van der Waals surface area contributed by atoms with Crippen molar-refractivity contribution in [3.05, 3.63) is 29.3 Å². The fraction of sp³-hybridized carbons (Fsp3) is 0.412. The van der Waals surface area contributed by atoms with Crippen LogP contribution in [0, 0.1) is 18.8 Å². The number of amides is 1. The summed E-state index contributed by atoms with van der Waals surface area (Å²) in [6.45, 7) is 12.9. The van der Waals surface area contributed by atoms with Crippen molar-refractivity contribution in [3.8, 4) is 11.8 Å². The highest BCUT2D eigenvalue weighted by Gasteiger charge is 2.08. The zero-order valence-electron chi connectivity index (χ0n) is 13.5. The molecule has 0 bridgehead atoms. The second-order valence-electron chi connectivity index (χ2n) is 3.43. The maximum absolute atomic E-state index is 11.4. The summed E-state index contributed by atoms with van der Waals surface area (Å²) in [5, 5.41) is 2.59. The molecule has 0 saturated heterocycles. The van der Waals surface area contributed by atoms with Crippen LogP contribution in [0.4, 0.5) is 5.69 Å². The lowest BCUT2D eigenvalue weighted by Crippen LogP contribution is -2.11. The highest BCUT2D eigenvalue weighted by molar-refractivity contribution is 6.08. The van der Waals surface area contributed by atoms with Gasteiger partial charge in [-0.25, -0.2) is 0 Å². The first-order valence-electron chi connectivity index (χ1n) is 6.90. The third-order valence-electron chi connectivity index (χ3n) is 2.04. The Morgan fingerprint density at radius 3 is 2.10 bits per heavy atom. The molecule has 0 heterocycles. The minimum absolute atomic E-state index is 0.0801. The van der Waals surface area contributed by atoms with Gasteiger partial charge in [0.15, 0.2) is 5.78 Å². The molecule has 110 valence electrons. The van der Waals surface area contributed by atoms with E-state index in [1.54, 1.807) is 19.1 Å². The summed E-state index contributed by atoms with van der Waals surface area (Å²) in [5.41, 5.74) is 1.99. The fourth-order valence-electron chi connectivity index (χ4n) is 1.33. The molecule has 1 aromatic carbocycles. The van der Waals surface area contributed by atoms with E-state index >= 15 is 0 Å². The van der Waals surface area contributed by atoms with Gasteiger partial charge in [-0.3, -0.25) is 9.59 Å². The molecule has 0 aromatic heterocycles. The third kappa shape index (κ3) is 7.38. The Kier molecular flexibility index (Phi) is 12.1. The average Bonchev–Trinajstić information content (AvgIpc) is 2.45. The predicted octanol–water partition coefficient (Wildman–Crippen LogP) is 4.21. The molecular formula is C17H25NO2. The van der Waals surface area contributed by atoms with E-state index in [1.165, 1.54) is 6.92 Å². The lowest BCUT2D eigenvalue weighted by molar-refractivity contribution is -0.111. The molecule has 1 N–H and O–H groups in total. The zero-order valence-corrected chi connectivity index (χ0v) is 13.5. The Morgan fingerprint density at radius 2 is 1.65 bits per heavy atom. The maximum Gasteiger partial charge on any atom is 0.300 e. The monoisotopic (exact) mass is 275 g/mol. The number of hydrogen-bond acceptors (Lipinski definition) is 2. The number of hydrogen-bond donors (Lipinski definition) is 1. The van der Waals surface area contributed by atoms with Crippen molar-refractivity contribution in [3.63, 3.8) is 0 Å². The van der Waals surface area contributed by atoms with Crippen molar-refractivity contribution in [2.45, 2.75) is 48.5 Å². The first-order chi connectivity index (χ1) is 9.54. The van der Waals surface area contributed by atoms with Crippen LogP contribution in [0.3, 0.4) is 0 Å². The first kappa shape index (κ1) is 20.2. The molecule has 0 unspecified atom stereocenters. The van der Waals surface area contributed by atoms with Crippen molar-refractivity contribution in [2.75, 3.05) is 5.32 Å². The summed E-state index contributed by atoms with van der Waals surface area (Å²) in [4.78, 5) is 22.6. The minimum Gasteiger partial charge on any atom is -0.314 e. The second kappa shape index (κ2) is 12.0. The van der Waals surface area contributed by atoms with Gasteiger partial charge >= 0.3 is 0 Å². The third-order valence-corrected chi connectivity index (χ3v) is 2.04. The van der Waals surface area contributed by atoms with Crippen LogP contribution < -0.4 is 5.32 Å². The van der Waals surface area contributed by atoms with Gasteiger partial charge in [0.1, 0.15) is 0 Å². The number of aryl methyl sites for hydroxylation is 1. The van der Waals surface area contributed by atoms with Crippen LogP contribution in [0.2, 0.25) is 0 Å². The van der Waals surface area contributed by atoms with Crippen molar-refractivity contribution in [1.29, 1.82) is 0 Å². The van der Waals surface area contributed by atoms with E-state index in [0.717, 1.165) is 5.56 Å². The number of benzene rings is 1. The van der Waals surface area contributed by atoms with E-state index in [2.05, 4.69) is 17.2 Å². The van der Waals surface area contributed by atoms with Gasteiger partial charge in [-0.15, -0.1) is 0 Å². The number of ketones is 1. The average molecular weight is 275 g/mol. The summed E-state index contributed by atoms with van der Waals surface area (Å²) in [5.74, 6) is 4.38. The quantitative estimate of drug-likeness (QED) is 0.649. The topological polar surface area (TPSA) is 46.2 Å². The zero-order chi connectivity index (χ0) is 16.1. The molecule has 0 saturated carbocycles. The smallest absolute Gasteiger partial charge is 0.300 e. The summed E-state index contributed by atoms with van der Waals surface area (Å²) >= 11 is 0. The van der Waals surface area contributed by atoms with Crippen LogP contribution in [0.15, 0.2) is 18.2 Å². The van der Waals surface area contributed by atoms with Gasteiger partial charge in [-0.2, -0.15) is 0 Å². The Hall–Kier alpha value is -2.08. The lowest BCUT2D eigenvalue weighted by Gasteiger charge is -2.07. The summed E-state index contributed by atoms with van der Waals surface area (Å²) in [7, 11) is 0. The summed E-state index contributed by atoms with van der Waals surface area (Å²) in [6.07, 6.45) is 0. The Labute approximate surface area is 122 Å². The van der Waals surface area contributed by atoms with Crippen molar-refractivity contribution in [2.24, 2.45) is 0 Å². The van der Waals surface area contributed by atoms with Gasteiger partial charge in [0.25, 0.3) is 5.91 Å². The number of rotatable bonds is 2. The second-order valence-corrected chi connectivity index (χ2v) is 3.43. The van der Waals surface area contributed by atoms with Crippen LogP contribution in [-0.4, -0.2) is 11.7 Å². The number of carbonyl (C=O) groups excluding carboxylic acids is 2. The van der Waals surface area contributed by atoms with Crippen molar-refractivity contribution >= 4 is 17.4 Å². The molecule has 1 amide bonds. The molecule has 20 heavy (non-hydrogen) atoms. The van der Waals surface area contributed by atoms with E-state index in [9.17, 15) is 9.59 Å². The molecule has 0 fully saturated rings. The highest BCUT2D eigenvalue weighted by Crippen LogP contribution is 2.17. The summed E-state index contributed by atoms with van der Waals surface area (Å²) < 4.78 is 0. The highest BCUT2D eigenvalue weighted by atomic mass is 16.1. The molecule has 0 aliphatic heterocycles. The van der Waals surface area contributed by atoms with Crippen LogP contribution in [0.5, 0.6) is 0 Å². The maximum atomic E-state index is 11.4. The van der Waals surface area contributed by atoms with Crippen molar-refractivity contribution < 1.29 is 9.59 Å². The number of Topliss-reactive ketones (excluding diaryl/α,β-unsaturated/α-hetero) is 1. The molecule has 0 aliphatic carbocycles. The van der Waals surface area contributed by atoms with Crippen LogP contribution in [-0.2, 0) is 4.79 Å². The Balaban J connectivity index is 0. The predicted molar refractivity (Wildman–Crippen MR) is 86.0 cm³/mol. The normalized spacial score (nSPS) is 7.75. The largest absolute Gasteiger partial charge is 0.314 e. The molecule has 3 nitrogen and oxygen atoms in total. The fourth-order valence-corrected chi connectivity index (χ4v) is 1.33. The summed E-state index contributed by atoms with van der Waals surface area (Å²) in [6, 6.07) is 5.29. The molecule has 0 atom stereocenters. The van der Waals surface area contributed by atoms with Crippen LogP contribution in [0.1, 0.15) is 57.5 Å². The Morgan fingerprint density at radius 1 is 1.10 bits per heavy atom. The van der Waals surface area contributed by atoms with Gasteiger partial charge < -0.3 is 5.32 Å². The van der Waals surface area contributed by atoms with E-state index in [1.807, 2.05) is 40.7 Å². The molecule has 0 spiro atoms. The molecule has 3 heteroatoms. The molecule has 0 aliphatic rings. The van der Waals surface area contributed by atoms with E-state index in [0.29, 0.717) is 11.3 Å². The van der Waals surface area contributed by atoms with Gasteiger partial charge in [0.2, 0.25) is 0 Å². The van der Waals surface area contributed by atoms with Gasteiger partial charge in [-0.1, -0.05) is 45.2 Å². The number of carbonyl (C=O) groups is 2. The molecule has 1 aromatic rings. The Bertz CT molecular complexity index is 493. The van der Waals surface area contributed by atoms with Gasteiger partial charge in [-0.05, 0) is 38.8 Å². The first-order valence-corrected chi connectivity index (χ1v) is 6.90. The molecular weight excluding hydrogens is 250 g/mol. The van der Waals surface area contributed by atoms with Crippen LogP contribution in [0.25, 0.3) is 0 Å². The van der Waals surface area contributed by atoms with Gasteiger partial charge in [0, 0.05) is 5.56 Å².